The molecule has 0 atom stereocenters. The summed E-state index contributed by atoms with van der Waals surface area (Å²) in [4.78, 5) is 28.7. The normalized spacial score (nSPS) is 13.4. The zero-order valence-corrected chi connectivity index (χ0v) is 22.9. The van der Waals surface area contributed by atoms with E-state index in [2.05, 4.69) is 15.6 Å². The van der Waals surface area contributed by atoms with Crippen LogP contribution in [0.1, 0.15) is 62.2 Å². The molecule has 2 amide bonds. The van der Waals surface area contributed by atoms with Crippen LogP contribution in [0.5, 0.6) is 0 Å². The van der Waals surface area contributed by atoms with Gasteiger partial charge in [-0.15, -0.1) is 0 Å². The number of aryl methyl sites for hydroxylation is 4. The minimum absolute atomic E-state index is 0.0905. The number of halogens is 3. The van der Waals surface area contributed by atoms with Crippen molar-refractivity contribution in [2.45, 2.75) is 58.2 Å². The number of benzene rings is 2. The number of alkyl halides is 3. The van der Waals surface area contributed by atoms with E-state index in [4.69, 9.17) is 5.73 Å². The zero-order chi connectivity index (χ0) is 29.3. The van der Waals surface area contributed by atoms with E-state index in [-0.39, 0.29) is 18.5 Å². The summed E-state index contributed by atoms with van der Waals surface area (Å²) in [5.74, 6) is -0.569. The number of nitrogens with one attached hydrogen (secondary N) is 2. The Morgan fingerprint density at radius 1 is 1.00 bits per heavy atom. The molecule has 214 valence electrons. The summed E-state index contributed by atoms with van der Waals surface area (Å²) in [6.07, 6.45) is 1.67. The van der Waals surface area contributed by atoms with Crippen molar-refractivity contribution in [3.05, 3.63) is 88.2 Å². The van der Waals surface area contributed by atoms with Gasteiger partial charge < -0.3 is 16.4 Å². The van der Waals surface area contributed by atoms with Crippen molar-refractivity contribution in [1.82, 2.24) is 14.7 Å². The second-order valence-electron chi connectivity index (χ2n) is 10.7. The Morgan fingerprint density at radius 2 is 1.71 bits per heavy atom. The van der Waals surface area contributed by atoms with Gasteiger partial charge in [0, 0.05) is 35.5 Å². The van der Waals surface area contributed by atoms with Crippen LogP contribution in [0.2, 0.25) is 0 Å². The minimum atomic E-state index is -4.28. The topological polar surface area (TPSA) is 102 Å². The molecule has 5 rings (SSSR count). The fourth-order valence-electron chi connectivity index (χ4n) is 4.98. The molecule has 0 aliphatic heterocycles. The van der Waals surface area contributed by atoms with E-state index in [1.54, 1.807) is 18.3 Å². The van der Waals surface area contributed by atoms with Crippen LogP contribution in [0.3, 0.4) is 0 Å². The summed E-state index contributed by atoms with van der Waals surface area (Å²) in [6.45, 7) is 3.44. The minimum Gasteiger partial charge on any atom is -0.382 e. The van der Waals surface area contributed by atoms with Crippen molar-refractivity contribution < 1.29 is 22.8 Å². The third kappa shape index (κ3) is 6.70. The van der Waals surface area contributed by atoms with Crippen molar-refractivity contribution in [3.8, 4) is 11.3 Å². The van der Waals surface area contributed by atoms with Crippen molar-refractivity contribution >= 4 is 23.1 Å². The molecule has 2 aromatic heterocycles. The Labute approximate surface area is 236 Å². The van der Waals surface area contributed by atoms with E-state index in [1.165, 1.54) is 0 Å². The number of aromatic nitrogens is 2. The lowest BCUT2D eigenvalue weighted by Gasteiger charge is -2.14. The summed E-state index contributed by atoms with van der Waals surface area (Å²) >= 11 is 0. The molecule has 0 saturated heterocycles. The predicted molar refractivity (Wildman–Crippen MR) is 152 cm³/mol. The van der Waals surface area contributed by atoms with Crippen molar-refractivity contribution in [2.24, 2.45) is 5.73 Å². The van der Waals surface area contributed by atoms with Gasteiger partial charge in [-0.2, -0.15) is 13.2 Å². The number of rotatable bonds is 10. The number of carbonyl (C=O) groups excluding carboxylic acids is 2. The molecule has 0 radical (unpaired) electrons. The van der Waals surface area contributed by atoms with Gasteiger partial charge in [0.1, 0.15) is 0 Å². The third-order valence-corrected chi connectivity index (χ3v) is 7.32. The number of fused-ring (bicyclic) bond motifs is 1. The van der Waals surface area contributed by atoms with E-state index in [0.717, 1.165) is 46.4 Å². The monoisotopic (exact) mass is 563 g/mol. The number of amides is 2. The van der Waals surface area contributed by atoms with Gasteiger partial charge in [0.25, 0.3) is 5.91 Å². The van der Waals surface area contributed by atoms with Gasteiger partial charge in [-0.05, 0) is 86.1 Å². The van der Waals surface area contributed by atoms with Crippen LogP contribution in [-0.4, -0.2) is 40.0 Å². The van der Waals surface area contributed by atoms with Gasteiger partial charge in [0.05, 0.1) is 24.0 Å². The van der Waals surface area contributed by atoms with E-state index < -0.39 is 18.5 Å². The second kappa shape index (κ2) is 11.3. The van der Waals surface area contributed by atoms with E-state index in [9.17, 15) is 22.8 Å². The summed E-state index contributed by atoms with van der Waals surface area (Å²) in [7, 11) is 0. The quantitative estimate of drug-likeness (QED) is 0.228. The van der Waals surface area contributed by atoms with Crippen molar-refractivity contribution in [1.29, 1.82) is 0 Å². The van der Waals surface area contributed by atoms with Gasteiger partial charge in [0.15, 0.2) is 5.65 Å². The van der Waals surface area contributed by atoms with Crippen LogP contribution in [0.15, 0.2) is 54.9 Å². The maximum atomic E-state index is 12.9. The molecule has 41 heavy (non-hydrogen) atoms. The highest BCUT2D eigenvalue weighted by atomic mass is 19.4. The van der Waals surface area contributed by atoms with Crippen molar-refractivity contribution in [3.63, 3.8) is 0 Å². The Hall–Kier alpha value is -4.34. The van der Waals surface area contributed by atoms with Gasteiger partial charge >= 0.3 is 6.18 Å². The molecule has 0 spiro atoms. The maximum Gasteiger partial charge on any atom is 0.390 e. The van der Waals surface area contributed by atoms with Gasteiger partial charge in [-0.3, -0.25) is 14.0 Å². The van der Waals surface area contributed by atoms with Gasteiger partial charge in [-0.1, -0.05) is 18.2 Å². The first kappa shape index (κ1) is 28.2. The molecule has 0 unspecified atom stereocenters. The first-order chi connectivity index (χ1) is 19.5. The first-order valence-electron chi connectivity index (χ1n) is 13.6. The standard InChI is InChI=1S/C31H32F3N5O2/c1-18-13-20(5-9-24(18)28(35)40)3-4-21-15-26(36-12-11-31(32,33)34)29-37-16-27(39(29)17-21)22-6-10-25(19(2)14-22)30(41)38-23-7-8-23/h5-6,9-10,13-17,23,36H,3-4,7-8,11-12H2,1-2H3,(H2,35,40)(H,38,41). The van der Waals surface area contributed by atoms with E-state index >= 15 is 0 Å². The van der Waals surface area contributed by atoms with Gasteiger partial charge in [-0.25, -0.2) is 4.98 Å². The highest BCUT2D eigenvalue weighted by molar-refractivity contribution is 5.96. The number of anilines is 1. The Balaban J connectivity index is 1.46. The third-order valence-electron chi connectivity index (χ3n) is 7.32. The molecule has 2 aromatic carbocycles. The Bertz CT molecular complexity index is 1620. The molecule has 4 aromatic rings. The van der Waals surface area contributed by atoms with Crippen LogP contribution in [0.25, 0.3) is 16.9 Å². The lowest BCUT2D eigenvalue weighted by Crippen LogP contribution is -2.26. The fraction of sp³-hybridized carbons (Fsp3) is 0.323. The zero-order valence-electron chi connectivity index (χ0n) is 22.9. The Kier molecular flexibility index (Phi) is 7.75. The number of imidazole rings is 1. The maximum absolute atomic E-state index is 12.9. The van der Waals surface area contributed by atoms with Gasteiger partial charge in [0.2, 0.25) is 5.91 Å². The largest absolute Gasteiger partial charge is 0.390 e. The second-order valence-corrected chi connectivity index (χ2v) is 10.7. The van der Waals surface area contributed by atoms with Crippen LogP contribution in [0.4, 0.5) is 18.9 Å². The number of nitrogens with zero attached hydrogens (tertiary/aromatic N) is 2. The summed E-state index contributed by atoms with van der Waals surface area (Å²) in [5.41, 5.74) is 12.7. The smallest absolute Gasteiger partial charge is 0.382 e. The van der Waals surface area contributed by atoms with E-state index in [1.807, 2.05) is 54.8 Å². The molecule has 10 heteroatoms. The van der Waals surface area contributed by atoms with Crippen LogP contribution < -0.4 is 16.4 Å². The summed E-state index contributed by atoms with van der Waals surface area (Å²) in [5, 5.41) is 5.94. The number of primary amides is 1. The molecule has 1 saturated carbocycles. The lowest BCUT2D eigenvalue weighted by atomic mass is 10.00. The predicted octanol–water partition coefficient (Wildman–Crippen LogP) is 5.76. The van der Waals surface area contributed by atoms with Crippen LogP contribution >= 0.6 is 0 Å². The lowest BCUT2D eigenvalue weighted by molar-refractivity contribution is -0.131. The number of hydrogen-bond acceptors (Lipinski definition) is 4. The molecule has 7 nitrogen and oxygen atoms in total. The average molecular weight is 564 g/mol. The fourth-order valence-corrected chi connectivity index (χ4v) is 4.98. The number of nitrogens with two attached hydrogens (primary N) is 1. The number of pyridine rings is 1. The molecule has 4 N–H and O–H groups in total. The molecular weight excluding hydrogens is 531 g/mol. The highest BCUT2D eigenvalue weighted by Gasteiger charge is 2.27. The van der Waals surface area contributed by atoms with E-state index in [0.29, 0.717) is 35.3 Å². The average Bonchev–Trinajstić information content (AvgIpc) is 3.61. The molecule has 2 heterocycles. The summed E-state index contributed by atoms with van der Waals surface area (Å²) < 4.78 is 40.5. The molecule has 0 bridgehead atoms. The summed E-state index contributed by atoms with van der Waals surface area (Å²) in [6, 6.07) is 13.2. The molecule has 1 aliphatic rings. The SMILES string of the molecule is Cc1cc(CCc2cc(NCCC(F)(F)F)c3ncc(-c4ccc(C(=O)NC5CC5)c(C)c4)n3c2)ccc1C(N)=O. The molecule has 1 aliphatic carbocycles. The highest BCUT2D eigenvalue weighted by Crippen LogP contribution is 2.29. The molecule has 1 fully saturated rings. The number of carbonyl (C=O) groups is 2. The Morgan fingerprint density at radius 3 is 2.37 bits per heavy atom. The van der Waals surface area contributed by atoms with Crippen molar-refractivity contribution in [2.75, 3.05) is 11.9 Å². The first-order valence-corrected chi connectivity index (χ1v) is 13.6. The molecular formula is C31H32F3N5O2. The van der Waals surface area contributed by atoms with Crippen LogP contribution in [0, 0.1) is 13.8 Å². The van der Waals surface area contributed by atoms with Crippen LogP contribution in [-0.2, 0) is 12.8 Å². The number of hydrogen-bond donors (Lipinski definition) is 3.